The van der Waals surface area contributed by atoms with E-state index >= 15 is 0 Å². The third-order valence-electron chi connectivity index (χ3n) is 4.88. The Balaban J connectivity index is 1.56. The summed E-state index contributed by atoms with van der Waals surface area (Å²) in [6, 6.07) is 7.17. The molecule has 1 fully saturated rings. The molecule has 28 heavy (non-hydrogen) atoms. The van der Waals surface area contributed by atoms with Crippen molar-refractivity contribution in [2.75, 3.05) is 33.3 Å². The predicted molar refractivity (Wildman–Crippen MR) is 107 cm³/mol. The molecule has 0 atom stereocenters. The van der Waals surface area contributed by atoms with E-state index in [0.29, 0.717) is 38.1 Å². The number of fused-ring (bicyclic) bond motifs is 1. The number of hydrogen-bond acceptors (Lipinski definition) is 5. The van der Waals surface area contributed by atoms with Crippen molar-refractivity contribution in [3.63, 3.8) is 0 Å². The molecule has 1 aliphatic heterocycles. The van der Waals surface area contributed by atoms with E-state index in [0.717, 1.165) is 9.86 Å². The van der Waals surface area contributed by atoms with Crippen LogP contribution in [-0.4, -0.2) is 60.9 Å². The summed E-state index contributed by atoms with van der Waals surface area (Å²) in [7, 11) is 1.58. The molecular formula is C20H23BrN2O5. The van der Waals surface area contributed by atoms with Crippen molar-refractivity contribution < 1.29 is 23.5 Å². The van der Waals surface area contributed by atoms with Gasteiger partial charge in [0.1, 0.15) is 5.58 Å². The summed E-state index contributed by atoms with van der Waals surface area (Å²) in [4.78, 5) is 40.0. The van der Waals surface area contributed by atoms with Gasteiger partial charge in [0, 0.05) is 30.0 Å². The lowest BCUT2D eigenvalue weighted by Crippen LogP contribution is -2.45. The number of ether oxygens (including phenoxy) is 1. The number of hydrogen-bond donors (Lipinski definition) is 0. The highest BCUT2D eigenvalue weighted by atomic mass is 79.9. The number of piperidine rings is 1. The first-order valence-corrected chi connectivity index (χ1v) is 10.1. The molecule has 1 saturated heterocycles. The second-order valence-electron chi connectivity index (χ2n) is 6.86. The van der Waals surface area contributed by atoms with Gasteiger partial charge in [-0.1, -0.05) is 15.9 Å². The molecule has 3 rings (SSSR count). The number of amides is 2. The first-order valence-electron chi connectivity index (χ1n) is 9.28. The Morgan fingerprint density at radius 2 is 1.96 bits per heavy atom. The van der Waals surface area contributed by atoms with Gasteiger partial charge in [0.25, 0.3) is 5.91 Å². The normalized spacial score (nSPS) is 14.9. The Kier molecular flexibility index (Phi) is 6.39. The molecule has 0 unspecified atom stereocenters. The lowest BCUT2D eigenvalue weighted by atomic mass is 9.97. The number of carbonyl (C=O) groups excluding carboxylic acids is 3. The van der Waals surface area contributed by atoms with Crippen molar-refractivity contribution in [2.24, 2.45) is 5.92 Å². The van der Waals surface area contributed by atoms with Crippen molar-refractivity contribution in [3.8, 4) is 0 Å². The first kappa shape index (κ1) is 20.4. The Labute approximate surface area is 171 Å². The van der Waals surface area contributed by atoms with Gasteiger partial charge in [-0.25, -0.2) is 0 Å². The second kappa shape index (κ2) is 8.77. The predicted octanol–water partition coefficient (Wildman–Crippen LogP) is 3.07. The summed E-state index contributed by atoms with van der Waals surface area (Å²) in [6.07, 6.45) is 1.17. The fourth-order valence-electron chi connectivity index (χ4n) is 3.31. The maximum atomic E-state index is 12.6. The number of esters is 1. The molecule has 0 radical (unpaired) electrons. The molecule has 7 nitrogen and oxygen atoms in total. The van der Waals surface area contributed by atoms with Crippen LogP contribution in [0.1, 0.15) is 30.3 Å². The zero-order chi connectivity index (χ0) is 20.3. The molecule has 0 aliphatic carbocycles. The van der Waals surface area contributed by atoms with Gasteiger partial charge in [0.15, 0.2) is 5.76 Å². The van der Waals surface area contributed by atoms with Crippen LogP contribution in [-0.2, 0) is 14.3 Å². The number of likely N-dealkylation sites (N-methyl/N-ethyl adjacent to an activating group) is 1. The Morgan fingerprint density at radius 3 is 2.64 bits per heavy atom. The second-order valence-corrected chi connectivity index (χ2v) is 7.78. The summed E-state index contributed by atoms with van der Waals surface area (Å²) in [5.41, 5.74) is 0.618. The van der Waals surface area contributed by atoms with Crippen LogP contribution in [0, 0.1) is 5.92 Å². The Hall–Kier alpha value is -2.35. The number of benzene rings is 1. The fraction of sp³-hybridized carbons (Fsp3) is 0.450. The lowest BCUT2D eigenvalue weighted by molar-refractivity contribution is -0.151. The Morgan fingerprint density at radius 1 is 1.25 bits per heavy atom. The van der Waals surface area contributed by atoms with Gasteiger partial charge in [0.2, 0.25) is 5.91 Å². The molecule has 0 spiro atoms. The summed E-state index contributed by atoms with van der Waals surface area (Å²) in [5.74, 6) is -0.639. The van der Waals surface area contributed by atoms with Crippen LogP contribution >= 0.6 is 15.9 Å². The van der Waals surface area contributed by atoms with Crippen molar-refractivity contribution >= 4 is 44.7 Å². The molecule has 2 aromatic rings. The molecule has 1 aromatic carbocycles. The fourth-order valence-corrected chi connectivity index (χ4v) is 3.69. The smallest absolute Gasteiger partial charge is 0.309 e. The van der Waals surface area contributed by atoms with E-state index in [2.05, 4.69) is 15.9 Å². The monoisotopic (exact) mass is 450 g/mol. The summed E-state index contributed by atoms with van der Waals surface area (Å²) >= 11 is 3.39. The molecule has 0 N–H and O–H groups in total. The molecule has 2 amide bonds. The van der Waals surface area contributed by atoms with Crippen molar-refractivity contribution in [3.05, 3.63) is 34.5 Å². The average molecular weight is 451 g/mol. The summed E-state index contributed by atoms with van der Waals surface area (Å²) < 4.78 is 11.6. The molecule has 1 aromatic heterocycles. The zero-order valence-corrected chi connectivity index (χ0v) is 17.5. The molecule has 0 saturated carbocycles. The number of rotatable bonds is 5. The van der Waals surface area contributed by atoms with Gasteiger partial charge in [0.05, 0.1) is 19.1 Å². The van der Waals surface area contributed by atoms with Crippen LogP contribution in [0.25, 0.3) is 11.0 Å². The topological polar surface area (TPSA) is 80.1 Å². The SMILES string of the molecule is CCOC(=O)C1CCN(C(=O)CN(C)C(=O)c2cc3cc(Br)ccc3o2)CC1. The standard InChI is InChI=1S/C20H23BrN2O5/c1-3-27-20(26)13-6-8-23(9-7-13)18(24)12-22(2)19(25)17-11-14-10-15(21)4-5-16(14)28-17/h4-5,10-11,13H,3,6-9,12H2,1-2H3. The molecular weight excluding hydrogens is 428 g/mol. The van der Waals surface area contributed by atoms with Gasteiger partial charge in [-0.2, -0.15) is 0 Å². The third-order valence-corrected chi connectivity index (χ3v) is 5.37. The quantitative estimate of drug-likeness (QED) is 0.653. The van der Waals surface area contributed by atoms with Crippen LogP contribution < -0.4 is 0 Å². The highest BCUT2D eigenvalue weighted by molar-refractivity contribution is 9.10. The van der Waals surface area contributed by atoms with Crippen LogP contribution in [0.4, 0.5) is 0 Å². The number of furan rings is 1. The van der Waals surface area contributed by atoms with Crippen LogP contribution in [0.3, 0.4) is 0 Å². The third kappa shape index (κ3) is 4.55. The van der Waals surface area contributed by atoms with E-state index in [4.69, 9.17) is 9.15 Å². The van der Waals surface area contributed by atoms with Crippen molar-refractivity contribution in [1.29, 1.82) is 0 Å². The van der Waals surface area contributed by atoms with E-state index in [9.17, 15) is 14.4 Å². The van der Waals surface area contributed by atoms with E-state index in [1.807, 2.05) is 12.1 Å². The minimum absolute atomic E-state index is 0.0380. The van der Waals surface area contributed by atoms with Crippen molar-refractivity contribution in [1.82, 2.24) is 9.80 Å². The van der Waals surface area contributed by atoms with Gasteiger partial charge in [-0.05, 0) is 44.0 Å². The molecule has 8 heteroatoms. The maximum absolute atomic E-state index is 12.6. The highest BCUT2D eigenvalue weighted by Crippen LogP contribution is 2.24. The first-order chi connectivity index (χ1) is 13.4. The highest BCUT2D eigenvalue weighted by Gasteiger charge is 2.29. The van der Waals surface area contributed by atoms with Crippen LogP contribution in [0.15, 0.2) is 33.2 Å². The number of likely N-dealkylation sites (tertiary alicyclic amines) is 1. The Bertz CT molecular complexity index is 886. The minimum atomic E-state index is -0.345. The van der Waals surface area contributed by atoms with Gasteiger partial charge < -0.3 is 19.0 Å². The molecule has 0 bridgehead atoms. The maximum Gasteiger partial charge on any atom is 0.309 e. The molecule has 1 aliphatic rings. The summed E-state index contributed by atoms with van der Waals surface area (Å²) in [5, 5.41) is 0.818. The van der Waals surface area contributed by atoms with Crippen LogP contribution in [0.2, 0.25) is 0 Å². The van der Waals surface area contributed by atoms with Gasteiger partial charge in [-0.15, -0.1) is 0 Å². The van der Waals surface area contributed by atoms with E-state index < -0.39 is 0 Å². The average Bonchev–Trinajstić information content (AvgIpc) is 3.10. The molecule has 150 valence electrons. The van der Waals surface area contributed by atoms with Gasteiger partial charge in [-0.3, -0.25) is 14.4 Å². The zero-order valence-electron chi connectivity index (χ0n) is 15.9. The van der Waals surface area contributed by atoms with Gasteiger partial charge >= 0.3 is 5.97 Å². The lowest BCUT2D eigenvalue weighted by Gasteiger charge is -2.32. The summed E-state index contributed by atoms with van der Waals surface area (Å²) in [6.45, 7) is 3.09. The largest absolute Gasteiger partial charge is 0.466 e. The number of halogens is 1. The van der Waals surface area contributed by atoms with E-state index in [1.54, 1.807) is 31.0 Å². The minimum Gasteiger partial charge on any atom is -0.466 e. The number of nitrogens with zero attached hydrogens (tertiary/aromatic N) is 2. The van der Waals surface area contributed by atoms with Crippen LogP contribution in [0.5, 0.6) is 0 Å². The van der Waals surface area contributed by atoms with E-state index in [1.165, 1.54) is 4.90 Å². The molecule has 2 heterocycles. The number of carbonyl (C=O) groups is 3. The van der Waals surface area contributed by atoms with Crippen molar-refractivity contribution in [2.45, 2.75) is 19.8 Å². The van der Waals surface area contributed by atoms with E-state index in [-0.39, 0.29) is 36.0 Å².